The molecule has 110 valence electrons. The van der Waals surface area contributed by atoms with E-state index in [0.29, 0.717) is 19.0 Å². The first kappa shape index (κ1) is 15.0. The fraction of sp³-hybridized carbons (Fsp3) is 0.643. The molecule has 1 aliphatic heterocycles. The molecular formula is C14H20N2O3S. The van der Waals surface area contributed by atoms with Crippen LogP contribution >= 0.6 is 11.3 Å². The molecule has 20 heavy (non-hydrogen) atoms. The number of aromatic nitrogens is 1. The number of nitrogens with zero attached hydrogens (tertiary/aromatic N) is 2. The van der Waals surface area contributed by atoms with Crippen molar-refractivity contribution < 1.29 is 14.3 Å². The maximum atomic E-state index is 11.8. The highest BCUT2D eigenvalue weighted by Crippen LogP contribution is 2.32. The molecule has 1 amide bonds. The molecule has 0 saturated carbocycles. The van der Waals surface area contributed by atoms with Crippen molar-refractivity contribution in [3.05, 3.63) is 15.6 Å². The Labute approximate surface area is 122 Å². The lowest BCUT2D eigenvalue weighted by Crippen LogP contribution is -2.42. The van der Waals surface area contributed by atoms with Crippen molar-refractivity contribution in [2.45, 2.75) is 39.5 Å². The Kier molecular flexibility index (Phi) is 4.75. The Balaban J connectivity index is 1.92. The molecule has 1 aromatic rings. The lowest BCUT2D eigenvalue weighted by Gasteiger charge is -2.30. The summed E-state index contributed by atoms with van der Waals surface area (Å²) in [6.07, 6.45) is 1.72. The summed E-state index contributed by atoms with van der Waals surface area (Å²) >= 11 is 1.74. The Hall–Kier alpha value is -1.43. The molecule has 0 aliphatic carbocycles. The average Bonchev–Trinajstić information content (AvgIpc) is 2.78. The highest BCUT2D eigenvalue weighted by atomic mass is 32.1. The molecule has 1 saturated heterocycles. The molecule has 0 N–H and O–H groups in total. The number of piperidine rings is 1. The molecule has 6 heteroatoms. The maximum Gasteiger partial charge on any atom is 0.397 e. The van der Waals surface area contributed by atoms with Crippen molar-refractivity contribution in [3.8, 4) is 0 Å². The van der Waals surface area contributed by atoms with Crippen LogP contribution in [0, 0.1) is 13.8 Å². The van der Waals surface area contributed by atoms with Crippen molar-refractivity contribution in [1.29, 1.82) is 0 Å². The predicted molar refractivity (Wildman–Crippen MR) is 76.8 cm³/mol. The van der Waals surface area contributed by atoms with Gasteiger partial charge in [-0.15, -0.1) is 11.3 Å². The molecule has 1 aromatic heterocycles. The number of esters is 1. The SMILES string of the molecule is CCOC(=O)C(=O)N1CCC(c2nc(C)c(C)s2)CC1. The zero-order valence-electron chi connectivity index (χ0n) is 12.1. The number of likely N-dealkylation sites (tertiary alicyclic amines) is 1. The van der Waals surface area contributed by atoms with Gasteiger partial charge in [-0.25, -0.2) is 9.78 Å². The average molecular weight is 296 g/mol. The number of carbonyl (C=O) groups is 2. The Morgan fingerprint density at radius 2 is 2.00 bits per heavy atom. The number of rotatable bonds is 2. The highest BCUT2D eigenvalue weighted by molar-refractivity contribution is 7.11. The number of hydrogen-bond acceptors (Lipinski definition) is 5. The van der Waals surface area contributed by atoms with Gasteiger partial charge in [0.2, 0.25) is 0 Å². The van der Waals surface area contributed by atoms with Gasteiger partial charge < -0.3 is 9.64 Å². The second kappa shape index (κ2) is 6.35. The summed E-state index contributed by atoms with van der Waals surface area (Å²) in [6, 6.07) is 0. The van der Waals surface area contributed by atoms with Crippen LogP contribution in [0.25, 0.3) is 0 Å². The van der Waals surface area contributed by atoms with Gasteiger partial charge in [0.1, 0.15) is 0 Å². The van der Waals surface area contributed by atoms with E-state index in [2.05, 4.69) is 11.9 Å². The van der Waals surface area contributed by atoms with Crippen LogP contribution in [0.2, 0.25) is 0 Å². The largest absolute Gasteiger partial charge is 0.459 e. The fourth-order valence-corrected chi connectivity index (χ4v) is 3.42. The monoisotopic (exact) mass is 296 g/mol. The molecule has 2 heterocycles. The van der Waals surface area contributed by atoms with Crippen LogP contribution in [-0.4, -0.2) is 41.5 Å². The van der Waals surface area contributed by atoms with Crippen LogP contribution in [0.15, 0.2) is 0 Å². The summed E-state index contributed by atoms with van der Waals surface area (Å²) in [6.45, 7) is 7.23. The summed E-state index contributed by atoms with van der Waals surface area (Å²) in [7, 11) is 0. The van der Waals surface area contributed by atoms with E-state index in [1.165, 1.54) is 4.88 Å². The molecule has 0 radical (unpaired) electrons. The lowest BCUT2D eigenvalue weighted by atomic mass is 9.97. The van der Waals surface area contributed by atoms with Gasteiger partial charge in [0.05, 0.1) is 17.3 Å². The summed E-state index contributed by atoms with van der Waals surface area (Å²) in [5.41, 5.74) is 1.09. The van der Waals surface area contributed by atoms with Gasteiger partial charge in [-0.05, 0) is 33.6 Å². The fourth-order valence-electron chi connectivity index (χ4n) is 2.32. The van der Waals surface area contributed by atoms with Crippen molar-refractivity contribution in [2.24, 2.45) is 0 Å². The Morgan fingerprint density at radius 1 is 1.35 bits per heavy atom. The van der Waals surface area contributed by atoms with Gasteiger partial charge >= 0.3 is 11.9 Å². The molecule has 5 nitrogen and oxygen atoms in total. The third-order valence-corrected chi connectivity index (χ3v) is 4.86. The molecule has 0 bridgehead atoms. The van der Waals surface area contributed by atoms with Crippen LogP contribution in [0.5, 0.6) is 0 Å². The van der Waals surface area contributed by atoms with E-state index in [9.17, 15) is 9.59 Å². The van der Waals surface area contributed by atoms with Crippen LogP contribution < -0.4 is 0 Å². The second-order valence-corrected chi connectivity index (χ2v) is 6.22. The van der Waals surface area contributed by atoms with Crippen LogP contribution in [0.1, 0.15) is 41.3 Å². The number of carbonyl (C=O) groups excluding carboxylic acids is 2. The number of aryl methyl sites for hydroxylation is 2. The minimum absolute atomic E-state index is 0.235. The summed E-state index contributed by atoms with van der Waals surface area (Å²) in [4.78, 5) is 30.7. The van der Waals surface area contributed by atoms with Gasteiger partial charge in [-0.2, -0.15) is 0 Å². The zero-order chi connectivity index (χ0) is 14.7. The summed E-state index contributed by atoms with van der Waals surface area (Å²) in [5.74, 6) is -0.859. The van der Waals surface area contributed by atoms with Crippen LogP contribution in [0.3, 0.4) is 0 Å². The van der Waals surface area contributed by atoms with E-state index in [1.807, 2.05) is 6.92 Å². The minimum Gasteiger partial charge on any atom is -0.459 e. The zero-order valence-corrected chi connectivity index (χ0v) is 13.0. The molecule has 1 aliphatic rings. The Morgan fingerprint density at radius 3 is 2.50 bits per heavy atom. The molecule has 0 unspecified atom stereocenters. The maximum absolute atomic E-state index is 11.8. The number of thiazole rings is 1. The van der Waals surface area contributed by atoms with Crippen molar-refractivity contribution >= 4 is 23.2 Å². The summed E-state index contributed by atoms with van der Waals surface area (Å²) < 4.78 is 4.75. The molecular weight excluding hydrogens is 276 g/mol. The third kappa shape index (κ3) is 3.17. The standard InChI is InChI=1S/C14H20N2O3S/c1-4-19-14(18)13(17)16-7-5-11(6-8-16)12-15-9(2)10(3)20-12/h11H,4-8H2,1-3H3. The third-order valence-electron chi connectivity index (χ3n) is 3.63. The first-order valence-corrected chi connectivity index (χ1v) is 7.74. The quantitative estimate of drug-likeness (QED) is 0.619. The van der Waals surface area contributed by atoms with Gasteiger partial charge in [0, 0.05) is 23.9 Å². The Bertz CT molecular complexity index is 485. The number of ether oxygens (including phenoxy) is 1. The molecule has 0 spiro atoms. The van der Waals surface area contributed by atoms with E-state index < -0.39 is 11.9 Å². The van der Waals surface area contributed by atoms with E-state index in [-0.39, 0.29) is 6.61 Å². The lowest BCUT2D eigenvalue weighted by molar-refractivity contribution is -0.160. The van der Waals surface area contributed by atoms with E-state index in [0.717, 1.165) is 23.5 Å². The smallest absolute Gasteiger partial charge is 0.397 e. The molecule has 2 rings (SSSR count). The molecule has 0 atom stereocenters. The van der Waals surface area contributed by atoms with Crippen molar-refractivity contribution in [3.63, 3.8) is 0 Å². The van der Waals surface area contributed by atoms with Crippen LogP contribution in [0.4, 0.5) is 0 Å². The van der Waals surface area contributed by atoms with E-state index >= 15 is 0 Å². The van der Waals surface area contributed by atoms with Crippen molar-refractivity contribution in [2.75, 3.05) is 19.7 Å². The highest BCUT2D eigenvalue weighted by Gasteiger charge is 2.29. The summed E-state index contributed by atoms with van der Waals surface area (Å²) in [5, 5.41) is 1.16. The number of hydrogen-bond donors (Lipinski definition) is 0. The van der Waals surface area contributed by atoms with Gasteiger partial charge in [0.15, 0.2) is 0 Å². The first-order valence-electron chi connectivity index (χ1n) is 6.92. The van der Waals surface area contributed by atoms with Crippen LogP contribution in [-0.2, 0) is 14.3 Å². The van der Waals surface area contributed by atoms with Gasteiger partial charge in [0.25, 0.3) is 0 Å². The van der Waals surface area contributed by atoms with Crippen molar-refractivity contribution in [1.82, 2.24) is 9.88 Å². The van der Waals surface area contributed by atoms with Gasteiger partial charge in [-0.1, -0.05) is 0 Å². The molecule has 1 fully saturated rings. The minimum atomic E-state index is -0.744. The topological polar surface area (TPSA) is 59.5 Å². The normalized spacial score (nSPS) is 16.2. The van der Waals surface area contributed by atoms with E-state index in [4.69, 9.17) is 4.74 Å². The molecule has 0 aromatic carbocycles. The predicted octanol–water partition coefficient (Wildman–Crippen LogP) is 2.03. The number of amides is 1. The van der Waals surface area contributed by atoms with Gasteiger partial charge in [-0.3, -0.25) is 4.79 Å². The van der Waals surface area contributed by atoms with E-state index in [1.54, 1.807) is 23.2 Å². The second-order valence-electron chi connectivity index (χ2n) is 4.98. The first-order chi connectivity index (χ1) is 9.52.